The van der Waals surface area contributed by atoms with Crippen LogP contribution in [0.3, 0.4) is 0 Å². The first-order valence-electron chi connectivity index (χ1n) is 16.9. The molecule has 3 aromatic rings. The predicted octanol–water partition coefficient (Wildman–Crippen LogP) is 3.84. The molecule has 2 atom stereocenters. The Bertz CT molecular complexity index is 1870. The highest BCUT2D eigenvalue weighted by Gasteiger charge is 2.45. The summed E-state index contributed by atoms with van der Waals surface area (Å²) in [6.07, 6.45) is -3.85. The molecule has 15 nitrogen and oxygen atoms in total. The number of nitrogens with one attached hydrogen (secondary N) is 4. The van der Waals surface area contributed by atoms with Gasteiger partial charge in [-0.1, -0.05) is 30.2 Å². The molecule has 0 saturated heterocycles. The molecule has 0 unspecified atom stereocenters. The number of ether oxygens (including phenoxy) is 1. The molecular weight excluding hydrogens is 709 g/mol. The fourth-order valence-electron chi connectivity index (χ4n) is 5.17. The van der Waals surface area contributed by atoms with Gasteiger partial charge in [-0.15, -0.1) is 0 Å². The van der Waals surface area contributed by atoms with E-state index in [0.29, 0.717) is 30.7 Å². The van der Waals surface area contributed by atoms with Crippen molar-refractivity contribution in [1.29, 1.82) is 5.41 Å². The van der Waals surface area contributed by atoms with Gasteiger partial charge in [-0.3, -0.25) is 24.6 Å². The Balaban J connectivity index is 1.53. The fourth-order valence-corrected chi connectivity index (χ4v) is 5.29. The van der Waals surface area contributed by atoms with Crippen molar-refractivity contribution in [2.75, 3.05) is 17.2 Å². The molecule has 52 heavy (non-hydrogen) atoms. The highest BCUT2D eigenvalue weighted by atomic mass is 35.5. The summed E-state index contributed by atoms with van der Waals surface area (Å²) in [5.41, 5.74) is 16.4. The first kappa shape index (κ1) is 36.3. The van der Waals surface area contributed by atoms with Crippen LogP contribution in [0, 0.1) is 11.3 Å². The number of hydrogen-bond donors (Lipinski definition) is 7. The molecule has 1 fully saturated rings. The summed E-state index contributed by atoms with van der Waals surface area (Å²) >= 11 is 6.01. The van der Waals surface area contributed by atoms with E-state index in [1.807, 2.05) is 0 Å². The lowest BCUT2D eigenvalue weighted by Gasteiger charge is -2.20. The van der Waals surface area contributed by atoms with E-state index in [-0.39, 0.29) is 41.8 Å². The number of aromatic nitrogens is 3. The molecule has 278 valence electrons. The van der Waals surface area contributed by atoms with E-state index in [9.17, 15) is 32.3 Å². The molecule has 1 heterocycles. The summed E-state index contributed by atoms with van der Waals surface area (Å²) in [5.74, 6) is -4.73. The summed E-state index contributed by atoms with van der Waals surface area (Å²) < 4.78 is 59.3. The van der Waals surface area contributed by atoms with Crippen molar-refractivity contribution in [3.8, 4) is 6.01 Å². The van der Waals surface area contributed by atoms with Crippen LogP contribution in [0.4, 0.5) is 30.8 Å². The molecule has 1 aliphatic carbocycles. The maximum atomic E-state index is 13.4. The third-order valence-electron chi connectivity index (χ3n) is 7.95. The zero-order chi connectivity index (χ0) is 39.8. The van der Waals surface area contributed by atoms with Crippen LogP contribution in [-0.4, -0.2) is 63.1 Å². The maximum Gasteiger partial charge on any atom is 0.422 e. The van der Waals surface area contributed by atoms with Gasteiger partial charge in [0.1, 0.15) is 0 Å². The maximum absolute atomic E-state index is 13.4. The SMILES string of the molecule is [2H]C([2H])(Oc1nc(Nc2ccc(C(=O)N[C@@H](CCCCC(=N)N)C(=O)C[C@@H](CC(N)=O)C(N)=O)cc2)nc(NC2(c3ccc(Cl)cc3)CC2)n1)C(F)(F)F. The Hall–Kier alpha value is -5.52. The Kier molecular flexibility index (Phi) is 11.9. The van der Waals surface area contributed by atoms with E-state index in [0.717, 1.165) is 5.56 Å². The zero-order valence-corrected chi connectivity index (χ0v) is 28.3. The Morgan fingerprint density at radius 1 is 0.962 bits per heavy atom. The number of amides is 3. The lowest BCUT2D eigenvalue weighted by atomic mass is 9.92. The largest absolute Gasteiger partial charge is 0.454 e. The topological polar surface area (TPSA) is 254 Å². The summed E-state index contributed by atoms with van der Waals surface area (Å²) in [6, 6.07) is 10.4. The molecule has 2 aromatic carbocycles. The van der Waals surface area contributed by atoms with Gasteiger partial charge in [-0.05, 0) is 67.6 Å². The lowest BCUT2D eigenvalue weighted by Crippen LogP contribution is -2.43. The molecule has 10 N–H and O–H groups in total. The number of nitrogens with zero attached hydrogens (tertiary/aromatic N) is 3. The standard InChI is InChI=1S/C33H38ClF3N10O5/c34-21-9-7-20(8-10-21)32(13-14-32)47-30-44-29(45-31(46-30)52-17-33(35,36)37)42-22-11-5-18(6-12-22)28(51)43-23(3-1-2-4-25(38)39)24(48)15-19(27(41)50)16-26(40)49/h5-12,19,23H,1-4,13-17H2,(H3,38,39)(H2,40,49)(H2,41,50)(H,43,51)(H2,42,44,45,46,47)/t19-,23-/m0/s1/i17D2. The number of hydrogen-bond acceptors (Lipinski definition) is 11. The van der Waals surface area contributed by atoms with Crippen LogP contribution >= 0.6 is 11.6 Å². The summed E-state index contributed by atoms with van der Waals surface area (Å²) in [4.78, 5) is 61.7. The molecule has 0 bridgehead atoms. The second kappa shape index (κ2) is 17.1. The minimum absolute atomic E-state index is 0.0498. The Morgan fingerprint density at radius 2 is 1.62 bits per heavy atom. The van der Waals surface area contributed by atoms with Gasteiger partial charge < -0.3 is 37.9 Å². The number of ketones is 1. The van der Waals surface area contributed by atoms with Crippen molar-refractivity contribution < 1.29 is 39.8 Å². The van der Waals surface area contributed by atoms with Gasteiger partial charge in [0.15, 0.2) is 12.3 Å². The molecule has 1 aliphatic rings. The van der Waals surface area contributed by atoms with Crippen LogP contribution in [-0.2, 0) is 19.9 Å². The number of halogens is 4. The van der Waals surface area contributed by atoms with E-state index in [1.165, 1.54) is 24.3 Å². The summed E-state index contributed by atoms with van der Waals surface area (Å²) in [5, 5.41) is 16.4. The molecule has 0 aliphatic heterocycles. The van der Waals surface area contributed by atoms with E-state index in [1.54, 1.807) is 24.3 Å². The number of alkyl halides is 3. The van der Waals surface area contributed by atoms with Crippen molar-refractivity contribution >= 4 is 58.5 Å². The number of benzene rings is 2. The van der Waals surface area contributed by atoms with Crippen LogP contribution in [0.2, 0.25) is 5.02 Å². The number of nitrogens with two attached hydrogens (primary N) is 3. The van der Waals surface area contributed by atoms with Gasteiger partial charge in [-0.25, -0.2) is 0 Å². The lowest BCUT2D eigenvalue weighted by molar-refractivity contribution is -0.154. The number of unbranched alkanes of at least 4 members (excludes halogenated alkanes) is 1. The quantitative estimate of drug-likeness (QED) is 0.0496. The Morgan fingerprint density at radius 3 is 2.19 bits per heavy atom. The van der Waals surface area contributed by atoms with E-state index < -0.39 is 72.6 Å². The first-order valence-corrected chi connectivity index (χ1v) is 16.3. The molecule has 0 radical (unpaired) electrons. The van der Waals surface area contributed by atoms with Crippen LogP contribution < -0.4 is 37.9 Å². The van der Waals surface area contributed by atoms with Crippen LogP contribution in [0.15, 0.2) is 48.5 Å². The van der Waals surface area contributed by atoms with Gasteiger partial charge >= 0.3 is 12.2 Å². The molecule has 1 aromatic heterocycles. The zero-order valence-electron chi connectivity index (χ0n) is 29.6. The minimum atomic E-state index is -5.41. The number of anilines is 3. The van der Waals surface area contributed by atoms with Crippen LogP contribution in [0.5, 0.6) is 6.01 Å². The summed E-state index contributed by atoms with van der Waals surface area (Å²) in [7, 11) is 0. The molecule has 19 heteroatoms. The second-order valence-corrected chi connectivity index (χ2v) is 12.6. The van der Waals surface area contributed by atoms with Gasteiger partial charge in [0, 0.05) is 35.5 Å². The number of carbonyl (C=O) groups is 4. The molecule has 0 spiro atoms. The number of rotatable bonds is 20. The van der Waals surface area contributed by atoms with E-state index in [2.05, 4.69) is 35.6 Å². The number of Topliss-reactive ketones (excluding diaryl/α,β-unsaturated/α-hetero) is 1. The van der Waals surface area contributed by atoms with Gasteiger partial charge in [0.25, 0.3) is 5.91 Å². The highest BCUT2D eigenvalue weighted by Crippen LogP contribution is 2.48. The number of amidine groups is 1. The van der Waals surface area contributed by atoms with E-state index in [4.69, 9.17) is 37.0 Å². The van der Waals surface area contributed by atoms with Crippen LogP contribution in [0.1, 0.15) is 70.0 Å². The number of carbonyl (C=O) groups excluding carboxylic acids is 4. The number of primary amides is 2. The average Bonchev–Trinajstić information content (AvgIpc) is 3.85. The molecule has 1 saturated carbocycles. The summed E-state index contributed by atoms with van der Waals surface area (Å²) in [6.45, 7) is -4.14. The smallest absolute Gasteiger partial charge is 0.422 e. The highest BCUT2D eigenvalue weighted by molar-refractivity contribution is 6.30. The average molecular weight is 749 g/mol. The molecular formula is C33H38ClF3N10O5. The Labute approximate surface area is 303 Å². The van der Waals surface area contributed by atoms with Crippen molar-refractivity contribution in [1.82, 2.24) is 20.3 Å². The monoisotopic (exact) mass is 748 g/mol. The first-order chi connectivity index (χ1) is 25.3. The van der Waals surface area contributed by atoms with Crippen molar-refractivity contribution in [3.63, 3.8) is 0 Å². The van der Waals surface area contributed by atoms with Gasteiger partial charge in [0.2, 0.25) is 23.7 Å². The second-order valence-electron chi connectivity index (χ2n) is 12.1. The molecule has 3 amide bonds. The normalized spacial score (nSPS) is 15.2. The third-order valence-corrected chi connectivity index (χ3v) is 8.21. The molecule has 4 rings (SSSR count). The van der Waals surface area contributed by atoms with Crippen LogP contribution in [0.25, 0.3) is 0 Å². The van der Waals surface area contributed by atoms with Crippen molar-refractivity contribution in [3.05, 3.63) is 64.7 Å². The van der Waals surface area contributed by atoms with E-state index >= 15 is 0 Å². The minimum Gasteiger partial charge on any atom is -0.454 e. The van der Waals surface area contributed by atoms with Crippen molar-refractivity contribution in [2.45, 2.75) is 69.1 Å². The van der Waals surface area contributed by atoms with Gasteiger partial charge in [0.05, 0.1) is 26.1 Å². The fraction of sp³-hybridized carbons (Fsp3) is 0.394. The predicted molar refractivity (Wildman–Crippen MR) is 185 cm³/mol. The van der Waals surface area contributed by atoms with Gasteiger partial charge in [-0.2, -0.15) is 28.1 Å². The van der Waals surface area contributed by atoms with Crippen molar-refractivity contribution in [2.24, 2.45) is 23.1 Å². The third kappa shape index (κ3) is 12.1.